The number of hydrogen-bond acceptors (Lipinski definition) is 4. The number of benzene rings is 1. The molecule has 0 fully saturated rings. The van der Waals surface area contributed by atoms with E-state index in [-0.39, 0.29) is 0 Å². The van der Waals surface area contributed by atoms with E-state index in [9.17, 15) is 9.90 Å². The molecule has 2 N–H and O–H groups in total. The normalized spacial score (nSPS) is 11.9. The van der Waals surface area contributed by atoms with Crippen LogP contribution in [0, 0.1) is 0 Å². The molecule has 116 valence electrons. The molecule has 0 amide bonds. The average molecular weight is 299 g/mol. The van der Waals surface area contributed by atoms with Crippen LogP contribution in [0.3, 0.4) is 0 Å². The van der Waals surface area contributed by atoms with Crippen molar-refractivity contribution in [2.24, 2.45) is 0 Å². The van der Waals surface area contributed by atoms with Crippen molar-refractivity contribution >= 4 is 11.8 Å². The highest BCUT2D eigenvalue weighted by atomic mass is 16.4. The summed E-state index contributed by atoms with van der Waals surface area (Å²) in [7, 11) is 1.98. The van der Waals surface area contributed by atoms with Crippen LogP contribution in [0.4, 0.5) is 5.82 Å². The van der Waals surface area contributed by atoms with E-state index in [0.29, 0.717) is 6.54 Å². The average Bonchev–Trinajstić information content (AvgIpc) is 2.55. The van der Waals surface area contributed by atoms with Gasteiger partial charge in [0.25, 0.3) is 0 Å². The summed E-state index contributed by atoms with van der Waals surface area (Å²) in [6.45, 7) is 3.41. The number of hydrogen-bond donors (Lipinski definition) is 2. The Morgan fingerprint density at radius 3 is 2.55 bits per heavy atom. The summed E-state index contributed by atoms with van der Waals surface area (Å²) >= 11 is 0. The molecule has 1 atom stereocenters. The maximum Gasteiger partial charge on any atom is 0.325 e. The summed E-state index contributed by atoms with van der Waals surface area (Å²) in [5, 5.41) is 12.4. The number of pyridine rings is 1. The van der Waals surface area contributed by atoms with E-state index in [1.807, 2.05) is 54.4 Å². The number of anilines is 1. The lowest BCUT2D eigenvalue weighted by atomic mass is 10.1. The molecule has 5 heteroatoms. The van der Waals surface area contributed by atoms with E-state index in [0.717, 1.165) is 23.5 Å². The maximum atomic E-state index is 11.4. The minimum absolute atomic E-state index is 0.453. The summed E-state index contributed by atoms with van der Waals surface area (Å²) in [6, 6.07) is 12.3. The minimum atomic E-state index is -0.888. The van der Waals surface area contributed by atoms with Crippen LogP contribution in [0.1, 0.15) is 24.1 Å². The summed E-state index contributed by atoms with van der Waals surface area (Å²) in [5.74, 6) is 0.0191. The molecule has 1 heterocycles. The van der Waals surface area contributed by atoms with Crippen molar-refractivity contribution in [1.29, 1.82) is 0 Å². The molecule has 0 spiro atoms. The fourth-order valence-electron chi connectivity index (χ4n) is 2.12. The molecule has 5 nitrogen and oxygen atoms in total. The Kier molecular flexibility index (Phi) is 5.49. The molecule has 22 heavy (non-hydrogen) atoms. The number of aromatic nitrogens is 1. The quantitative estimate of drug-likeness (QED) is 0.822. The van der Waals surface area contributed by atoms with E-state index in [1.54, 1.807) is 6.20 Å². The first-order chi connectivity index (χ1) is 10.6. The number of aliphatic carboxylic acids is 1. The summed E-state index contributed by atoms with van der Waals surface area (Å²) < 4.78 is 0. The molecule has 2 aromatic rings. The molecule has 0 saturated heterocycles. The van der Waals surface area contributed by atoms with Crippen molar-refractivity contribution in [2.75, 3.05) is 18.5 Å². The van der Waals surface area contributed by atoms with Gasteiger partial charge in [-0.05, 0) is 24.1 Å². The predicted octanol–water partition coefficient (Wildman–Crippen LogP) is 2.45. The Morgan fingerprint density at radius 1 is 1.27 bits per heavy atom. The Morgan fingerprint density at radius 2 is 2.00 bits per heavy atom. The van der Waals surface area contributed by atoms with Gasteiger partial charge in [0.2, 0.25) is 0 Å². The summed E-state index contributed by atoms with van der Waals surface area (Å²) in [5.41, 5.74) is 1.70. The Bertz CT molecular complexity index is 599. The molecule has 0 bridgehead atoms. The molecule has 0 aliphatic heterocycles. The van der Waals surface area contributed by atoms with Crippen molar-refractivity contribution in [2.45, 2.75) is 19.5 Å². The zero-order valence-electron chi connectivity index (χ0n) is 12.9. The molecule has 0 saturated carbocycles. The molecule has 0 aliphatic carbocycles. The van der Waals surface area contributed by atoms with Crippen molar-refractivity contribution < 1.29 is 9.90 Å². The number of carbonyl (C=O) groups is 1. The lowest BCUT2D eigenvalue weighted by Gasteiger charge is -2.17. The molecule has 2 rings (SSSR count). The smallest absolute Gasteiger partial charge is 0.325 e. The molecule has 0 aliphatic rings. The highest BCUT2D eigenvalue weighted by molar-refractivity contribution is 5.75. The van der Waals surface area contributed by atoms with Gasteiger partial charge >= 0.3 is 5.97 Å². The van der Waals surface area contributed by atoms with Gasteiger partial charge in [-0.2, -0.15) is 0 Å². The lowest BCUT2D eigenvalue weighted by molar-refractivity contribution is -0.139. The first kappa shape index (κ1) is 16.0. The third-order valence-corrected chi connectivity index (χ3v) is 3.56. The summed E-state index contributed by atoms with van der Waals surface area (Å²) in [4.78, 5) is 17.8. The van der Waals surface area contributed by atoms with Crippen LogP contribution in [0.25, 0.3) is 0 Å². The fourth-order valence-corrected chi connectivity index (χ4v) is 2.12. The van der Waals surface area contributed by atoms with Gasteiger partial charge in [-0.3, -0.25) is 10.1 Å². The van der Waals surface area contributed by atoms with Crippen molar-refractivity contribution in [1.82, 2.24) is 10.3 Å². The predicted molar refractivity (Wildman–Crippen MR) is 86.8 cm³/mol. The molecule has 0 unspecified atom stereocenters. The maximum absolute atomic E-state index is 11.4. The lowest BCUT2D eigenvalue weighted by Crippen LogP contribution is -2.28. The van der Waals surface area contributed by atoms with E-state index in [2.05, 4.69) is 17.2 Å². The summed E-state index contributed by atoms with van der Waals surface area (Å²) in [6.07, 6.45) is 1.78. The van der Waals surface area contributed by atoms with Crippen LogP contribution in [0.2, 0.25) is 0 Å². The van der Waals surface area contributed by atoms with Crippen LogP contribution in [0.15, 0.2) is 48.7 Å². The molecular weight excluding hydrogens is 278 g/mol. The fraction of sp³-hybridized carbons (Fsp3) is 0.294. The van der Waals surface area contributed by atoms with Gasteiger partial charge in [0, 0.05) is 26.3 Å². The van der Waals surface area contributed by atoms with Crippen LogP contribution >= 0.6 is 0 Å². The number of carboxylic acids is 1. The zero-order chi connectivity index (χ0) is 15.9. The minimum Gasteiger partial charge on any atom is -0.480 e. The Hall–Kier alpha value is -2.40. The van der Waals surface area contributed by atoms with Crippen LogP contribution in [0.5, 0.6) is 0 Å². The van der Waals surface area contributed by atoms with E-state index < -0.39 is 12.0 Å². The van der Waals surface area contributed by atoms with E-state index in [1.165, 1.54) is 0 Å². The third-order valence-electron chi connectivity index (χ3n) is 3.56. The number of carboxylic acid groups (broad SMARTS) is 1. The van der Waals surface area contributed by atoms with E-state index in [4.69, 9.17) is 0 Å². The van der Waals surface area contributed by atoms with Gasteiger partial charge in [0.1, 0.15) is 11.9 Å². The van der Waals surface area contributed by atoms with Crippen molar-refractivity contribution in [3.05, 3.63) is 59.8 Å². The SMILES string of the molecule is CCN(C)c1ccc(CN[C@H](C(=O)O)c2ccccc2)cn1. The van der Waals surface area contributed by atoms with Gasteiger partial charge in [-0.1, -0.05) is 36.4 Å². The second-order valence-corrected chi connectivity index (χ2v) is 5.10. The first-order valence-corrected chi connectivity index (χ1v) is 7.29. The third kappa shape index (κ3) is 4.05. The topological polar surface area (TPSA) is 65.5 Å². The molecule has 0 radical (unpaired) electrons. The molecule has 1 aromatic heterocycles. The van der Waals surface area contributed by atoms with Crippen LogP contribution in [-0.2, 0) is 11.3 Å². The number of nitrogens with one attached hydrogen (secondary N) is 1. The Labute approximate surface area is 130 Å². The molecule has 1 aromatic carbocycles. The molecular formula is C17H21N3O2. The Balaban J connectivity index is 2.02. The second kappa shape index (κ2) is 7.56. The second-order valence-electron chi connectivity index (χ2n) is 5.10. The van der Waals surface area contributed by atoms with Gasteiger partial charge in [-0.15, -0.1) is 0 Å². The van der Waals surface area contributed by atoms with Gasteiger partial charge < -0.3 is 10.0 Å². The standard InChI is InChI=1S/C17H21N3O2/c1-3-20(2)15-10-9-13(11-18-15)12-19-16(17(21)22)14-7-5-4-6-8-14/h4-11,16,19H,3,12H2,1-2H3,(H,21,22)/t16-/m0/s1. The highest BCUT2D eigenvalue weighted by Gasteiger charge is 2.18. The van der Waals surface area contributed by atoms with Crippen molar-refractivity contribution in [3.63, 3.8) is 0 Å². The number of rotatable bonds is 7. The largest absolute Gasteiger partial charge is 0.480 e. The zero-order valence-corrected chi connectivity index (χ0v) is 12.9. The first-order valence-electron chi connectivity index (χ1n) is 7.29. The van der Waals surface area contributed by atoms with Gasteiger partial charge in [0.05, 0.1) is 0 Å². The number of nitrogens with zero attached hydrogens (tertiary/aromatic N) is 2. The van der Waals surface area contributed by atoms with Crippen molar-refractivity contribution in [3.8, 4) is 0 Å². The highest BCUT2D eigenvalue weighted by Crippen LogP contribution is 2.14. The van der Waals surface area contributed by atoms with Crippen LogP contribution in [-0.4, -0.2) is 29.7 Å². The van der Waals surface area contributed by atoms with E-state index >= 15 is 0 Å². The van der Waals surface area contributed by atoms with Gasteiger partial charge in [-0.25, -0.2) is 4.98 Å². The van der Waals surface area contributed by atoms with Gasteiger partial charge in [0.15, 0.2) is 0 Å². The monoisotopic (exact) mass is 299 g/mol. The van der Waals surface area contributed by atoms with Crippen LogP contribution < -0.4 is 10.2 Å².